The molecule has 0 aliphatic heterocycles. The van der Waals surface area contributed by atoms with E-state index in [4.69, 9.17) is 10.5 Å². The molecule has 0 spiro atoms. The molecule has 0 radical (unpaired) electrons. The van der Waals surface area contributed by atoms with Gasteiger partial charge in [0, 0.05) is 13.2 Å². The maximum absolute atomic E-state index is 14.0. The van der Waals surface area contributed by atoms with Crippen molar-refractivity contribution in [2.75, 3.05) is 12.0 Å². The zero-order valence-corrected chi connectivity index (χ0v) is 18.0. The minimum atomic E-state index is -4.10. The largest absolute Gasteiger partial charge is 0.438 e. The van der Waals surface area contributed by atoms with E-state index >= 15 is 0 Å². The van der Waals surface area contributed by atoms with Crippen LogP contribution in [0.3, 0.4) is 0 Å². The number of benzene rings is 1. The van der Waals surface area contributed by atoms with E-state index in [0.717, 1.165) is 6.08 Å². The molecule has 1 saturated carbocycles. The molecule has 32 heavy (non-hydrogen) atoms. The fourth-order valence-electron chi connectivity index (χ4n) is 2.78. The second kappa shape index (κ2) is 8.77. The number of anilines is 1. The number of hydrogen-bond donors (Lipinski definition) is 2. The number of carbonyl (C=O) groups is 1. The summed E-state index contributed by atoms with van der Waals surface area (Å²) >= 11 is 0. The zero-order chi connectivity index (χ0) is 23.7. The fourth-order valence-corrected chi connectivity index (χ4v) is 3.17. The first-order chi connectivity index (χ1) is 14.9. The van der Waals surface area contributed by atoms with Gasteiger partial charge in [0.15, 0.2) is 0 Å². The average Bonchev–Trinajstić information content (AvgIpc) is 3.51. The number of nitrogens with one attached hydrogen (secondary N) is 1. The van der Waals surface area contributed by atoms with E-state index < -0.39 is 56.0 Å². The van der Waals surface area contributed by atoms with Crippen molar-refractivity contribution in [1.29, 1.82) is 0 Å². The molecule has 1 fully saturated rings. The average molecular weight is 470 g/mol. The number of halogens is 3. The van der Waals surface area contributed by atoms with E-state index in [2.05, 4.69) is 15.3 Å². The Morgan fingerprint density at radius 1 is 1.28 bits per heavy atom. The Morgan fingerprint density at radius 3 is 2.44 bits per heavy atom. The molecule has 1 aliphatic carbocycles. The Labute approximate surface area is 182 Å². The third-order valence-corrected chi connectivity index (χ3v) is 5.42. The van der Waals surface area contributed by atoms with Crippen molar-refractivity contribution in [3.63, 3.8) is 0 Å². The molecule has 8 nitrogen and oxygen atoms in total. The van der Waals surface area contributed by atoms with Crippen molar-refractivity contribution < 1.29 is 31.1 Å². The van der Waals surface area contributed by atoms with E-state index in [-0.39, 0.29) is 11.7 Å². The van der Waals surface area contributed by atoms with Crippen LogP contribution < -0.4 is 15.8 Å². The topological polar surface area (TPSA) is 124 Å². The molecule has 12 heteroatoms. The summed E-state index contributed by atoms with van der Waals surface area (Å²) in [6.07, 6.45) is 2.78. The van der Waals surface area contributed by atoms with Gasteiger partial charge in [0.25, 0.3) is 5.91 Å². The number of rotatable bonds is 8. The molecule has 0 bridgehead atoms. The summed E-state index contributed by atoms with van der Waals surface area (Å²) in [5.41, 5.74) is 5.37. The molecule has 1 heterocycles. The van der Waals surface area contributed by atoms with Gasteiger partial charge in [0.2, 0.25) is 26.7 Å². The number of alkyl halides is 2. The standard InChI is InChI=1S/C20H21F3N4O4S/c1-20(22,23)19-26-16(24)15(18(27-19)31-12-6-4-3-5-7-12)17(28)25-13(11-8-9-11)10-14(21)32(2,29)30/h3-7,10-11,13H,8-9H2,1-2H3,(H,25,28)(H2,24,26,27)/b14-10+. The molecule has 0 saturated heterocycles. The highest BCUT2D eigenvalue weighted by atomic mass is 32.2. The van der Waals surface area contributed by atoms with Crippen molar-refractivity contribution in [1.82, 2.24) is 15.3 Å². The van der Waals surface area contributed by atoms with Crippen molar-refractivity contribution in [2.45, 2.75) is 31.7 Å². The first-order valence-electron chi connectivity index (χ1n) is 9.53. The van der Waals surface area contributed by atoms with Gasteiger partial charge in [0.05, 0.1) is 6.04 Å². The van der Waals surface area contributed by atoms with Gasteiger partial charge in [-0.2, -0.15) is 18.2 Å². The Hall–Kier alpha value is -3.15. The molecular formula is C20H21F3N4O4S. The van der Waals surface area contributed by atoms with E-state index in [9.17, 15) is 26.4 Å². The van der Waals surface area contributed by atoms with E-state index in [0.29, 0.717) is 26.0 Å². The van der Waals surface area contributed by atoms with Crippen molar-refractivity contribution in [3.05, 3.63) is 53.0 Å². The van der Waals surface area contributed by atoms with Gasteiger partial charge in [0.1, 0.15) is 17.1 Å². The van der Waals surface area contributed by atoms with Crippen LogP contribution in [0.5, 0.6) is 11.6 Å². The Bertz CT molecular complexity index is 1150. The second-order valence-corrected chi connectivity index (χ2v) is 9.43. The van der Waals surface area contributed by atoms with Gasteiger partial charge in [-0.15, -0.1) is 0 Å². The SMILES string of the molecule is CC(F)(F)c1nc(N)c(C(=O)NC(/C=C(\F)S(C)(=O)=O)C2CC2)c(Oc2ccccc2)n1. The summed E-state index contributed by atoms with van der Waals surface area (Å²) in [5, 5.41) is 1.09. The van der Waals surface area contributed by atoms with Crippen LogP contribution in [0.15, 0.2) is 41.6 Å². The molecule has 172 valence electrons. The van der Waals surface area contributed by atoms with Crippen LogP contribution in [0.1, 0.15) is 35.9 Å². The number of para-hydroxylation sites is 1. The highest BCUT2D eigenvalue weighted by Crippen LogP contribution is 2.36. The summed E-state index contributed by atoms with van der Waals surface area (Å²) in [7, 11) is -4.10. The van der Waals surface area contributed by atoms with Gasteiger partial charge < -0.3 is 15.8 Å². The summed E-state index contributed by atoms with van der Waals surface area (Å²) in [6.45, 7) is 0.565. The molecule has 1 atom stereocenters. The molecule has 1 aliphatic rings. The lowest BCUT2D eigenvalue weighted by atomic mass is 10.1. The predicted octanol–water partition coefficient (Wildman–Crippen LogP) is 3.33. The van der Waals surface area contributed by atoms with Crippen LogP contribution in [0.25, 0.3) is 0 Å². The molecule has 1 amide bonds. The van der Waals surface area contributed by atoms with Crippen LogP contribution >= 0.6 is 0 Å². The maximum Gasteiger partial charge on any atom is 0.304 e. The van der Waals surface area contributed by atoms with Crippen LogP contribution in [0.2, 0.25) is 0 Å². The second-order valence-electron chi connectivity index (χ2n) is 7.50. The smallest absolute Gasteiger partial charge is 0.304 e. The molecule has 3 N–H and O–H groups in total. The van der Waals surface area contributed by atoms with Crippen LogP contribution in [0.4, 0.5) is 19.0 Å². The highest BCUT2D eigenvalue weighted by Gasteiger charge is 2.36. The van der Waals surface area contributed by atoms with Crippen molar-refractivity contribution >= 4 is 21.6 Å². The fraction of sp³-hybridized carbons (Fsp3) is 0.350. The quantitative estimate of drug-likeness (QED) is 0.606. The summed E-state index contributed by atoms with van der Waals surface area (Å²) in [5.74, 6) is -6.40. The molecule has 2 aromatic rings. The van der Waals surface area contributed by atoms with Crippen molar-refractivity contribution in [3.8, 4) is 11.6 Å². The number of nitrogen functional groups attached to an aromatic ring is 1. The van der Waals surface area contributed by atoms with E-state index in [1.165, 1.54) is 12.1 Å². The summed E-state index contributed by atoms with van der Waals surface area (Å²) in [6, 6.07) is 7.01. The first kappa shape index (κ1) is 23.5. The Balaban J connectivity index is 2.00. The van der Waals surface area contributed by atoms with Gasteiger partial charge in [-0.25, -0.2) is 13.4 Å². The van der Waals surface area contributed by atoms with E-state index in [1.54, 1.807) is 18.2 Å². The lowest BCUT2D eigenvalue weighted by Crippen LogP contribution is -2.36. The van der Waals surface area contributed by atoms with Gasteiger partial charge in [-0.3, -0.25) is 4.79 Å². The molecule has 1 aromatic heterocycles. The van der Waals surface area contributed by atoms with Crippen LogP contribution in [0, 0.1) is 5.92 Å². The summed E-state index contributed by atoms with van der Waals surface area (Å²) in [4.78, 5) is 20.2. The van der Waals surface area contributed by atoms with Gasteiger partial charge in [-0.05, 0) is 37.0 Å². The molecule has 3 rings (SSSR count). The van der Waals surface area contributed by atoms with Gasteiger partial charge in [-0.1, -0.05) is 18.2 Å². The predicted molar refractivity (Wildman–Crippen MR) is 111 cm³/mol. The van der Waals surface area contributed by atoms with Crippen molar-refractivity contribution in [2.24, 2.45) is 5.92 Å². The monoisotopic (exact) mass is 470 g/mol. The number of sulfone groups is 1. The minimum absolute atomic E-state index is 0.189. The Morgan fingerprint density at radius 2 is 1.91 bits per heavy atom. The third-order valence-electron chi connectivity index (χ3n) is 4.57. The van der Waals surface area contributed by atoms with Crippen LogP contribution in [-0.4, -0.2) is 36.6 Å². The number of nitrogens with zero attached hydrogens (tertiary/aromatic N) is 2. The number of aromatic nitrogens is 2. The van der Waals surface area contributed by atoms with E-state index in [1.807, 2.05) is 0 Å². The highest BCUT2D eigenvalue weighted by molar-refractivity contribution is 7.94. The number of nitrogens with two attached hydrogens (primary N) is 1. The number of hydrogen-bond acceptors (Lipinski definition) is 7. The lowest BCUT2D eigenvalue weighted by Gasteiger charge is -2.18. The lowest BCUT2D eigenvalue weighted by molar-refractivity contribution is 0.00726. The molecule has 1 aromatic carbocycles. The minimum Gasteiger partial charge on any atom is -0.438 e. The normalized spacial score (nSPS) is 15.8. The Kier molecular flexibility index (Phi) is 6.44. The first-order valence-corrected chi connectivity index (χ1v) is 11.4. The molecular weight excluding hydrogens is 449 g/mol. The van der Waals surface area contributed by atoms with Crippen LogP contribution in [-0.2, 0) is 15.8 Å². The van der Waals surface area contributed by atoms with Gasteiger partial charge >= 0.3 is 5.92 Å². The third kappa shape index (κ3) is 5.75. The number of carbonyl (C=O) groups excluding carboxylic acids is 1. The molecule has 1 unspecified atom stereocenters. The maximum atomic E-state index is 14.0. The summed E-state index contributed by atoms with van der Waals surface area (Å²) < 4.78 is 70.0. The number of ether oxygens (including phenoxy) is 1. The number of amides is 1. The zero-order valence-electron chi connectivity index (χ0n) is 17.2.